The lowest BCUT2D eigenvalue weighted by molar-refractivity contribution is -0.139. The van der Waals surface area contributed by atoms with Crippen molar-refractivity contribution >= 4 is 148 Å². The number of carbonyl (C=O) groups is 17. The van der Waals surface area contributed by atoms with Crippen LogP contribution < -0.4 is 86.7 Å². The van der Waals surface area contributed by atoms with Crippen LogP contribution in [0.5, 0.6) is 5.75 Å². The van der Waals surface area contributed by atoms with Gasteiger partial charge in [0.15, 0.2) is 0 Å². The van der Waals surface area contributed by atoms with Crippen LogP contribution in [0.25, 0.3) is 21.8 Å². The molecule has 2 heterocycles. The minimum atomic E-state index is -1.92. The van der Waals surface area contributed by atoms with E-state index >= 15 is 9.59 Å². The summed E-state index contributed by atoms with van der Waals surface area (Å²) in [6.07, 6.45) is -3.75. The number of aromatic amines is 2. The van der Waals surface area contributed by atoms with E-state index in [-0.39, 0.29) is 61.9 Å². The predicted molar refractivity (Wildman–Crippen MR) is 424 cm³/mol. The fourth-order valence-electron chi connectivity index (χ4n) is 12.1. The molecule has 626 valence electrons. The average molecular weight is 1640 g/mol. The maximum atomic E-state index is 15.2. The topological polar surface area (TPSA) is 631 Å². The molecule has 0 bridgehead atoms. The first kappa shape index (κ1) is 93.8. The number of aliphatic hydroxyl groups excluding tert-OH is 1. The molecule has 0 fully saturated rings. The van der Waals surface area contributed by atoms with E-state index in [0.717, 1.165) is 13.8 Å². The number of primary amides is 4. The fraction of sp³-hybridized carbons (Fsp3) is 0.480. The van der Waals surface area contributed by atoms with Gasteiger partial charge in [0.1, 0.15) is 78.3 Å². The van der Waals surface area contributed by atoms with Gasteiger partial charge in [-0.15, -0.1) is 0 Å². The number of benzene rings is 3. The molecule has 0 saturated heterocycles. The molecule has 0 saturated carbocycles. The quantitative estimate of drug-likeness (QED) is 0.0170. The number of aliphatic hydroxyl groups is 1. The number of hydrogen-bond acceptors (Lipinski definition) is 21. The van der Waals surface area contributed by atoms with Gasteiger partial charge in [-0.05, 0) is 98.2 Å². The van der Waals surface area contributed by atoms with Gasteiger partial charge in [0.2, 0.25) is 94.5 Å². The highest BCUT2D eigenvalue weighted by Gasteiger charge is 2.39. The molecule has 0 radical (unpaired) electrons. The molecular formula is C75H104N18O20S2. The zero-order chi connectivity index (χ0) is 85.5. The SMILES string of the molecule is CC(=O)N[C@@H](CS)C(=O)N[C@@H](CCC(N)=O)C(=O)N[C@H](C(=O)N[C@@H](Cc1c[nH]c2ccccc12)C(=O)N[C@@H](CCC(N)=O)C(=O)N[C@@H](CS)C(=O)N[C@@H](Cc1ccc(O)cc1)C(=O)N[C@@H](Cc1c[nH]c2ccccc12)C(=O)N[C@@H](CCC(C)C)C(=O)N[C@@H](CCC(=O)O)C(=O)N[C@@H](CC(N)=O)C(=O)N[C@@H](CC(C)C)C(N)=O)[C@@H](C)O. The Morgan fingerprint density at radius 1 is 0.391 bits per heavy atom. The summed E-state index contributed by atoms with van der Waals surface area (Å²) in [7, 11) is 0. The molecule has 2 aromatic heterocycles. The summed E-state index contributed by atoms with van der Waals surface area (Å²) >= 11 is 8.45. The lowest BCUT2D eigenvalue weighted by Gasteiger charge is -2.29. The standard InChI is InChI=1S/C75H104N18O20S2/c1-36(2)15-20-48(65(103)83-51(23-26-62(100)101)66(104)90-56(31-61(78)99)72(110)87-52(64(79)102)27-37(3)4)84-70(108)54(29-41-32-80-46-13-9-7-11-44(41)46)89-69(107)53(28-40-16-18-43(96)19-17-40)88-74(112)58(35-115)92-67(105)49(21-24-59(76)97)85-71(109)55(30-42-33-81-47-14-10-8-12-45(42)47)91-75(113)63(38(5)94)93-68(106)50(22-25-60(77)98)86-73(111)57(34-114)82-39(6)95/h7-14,16-19,32-33,36-38,48-58,63,80-81,94,96,114-115H,15,20-31,34-35H2,1-6H3,(H2,76,97)(H2,77,98)(H2,78,99)(H2,79,102)(H,82,95)(H,83,103)(H,84,108)(H,85,109)(H,86,111)(H,87,110)(H,88,112)(H,89,107)(H,90,104)(H,91,113)(H,92,105)(H,93,106)(H,100,101)/t38-,48+,49+,50+,51+,52+,53+,54+,55+,56+,57+,58+,63+/m1/s1. The largest absolute Gasteiger partial charge is 0.508 e. The number of hydrogen-bond donors (Lipinski definition) is 23. The zero-order valence-corrected chi connectivity index (χ0v) is 66.1. The van der Waals surface area contributed by atoms with Crippen molar-refractivity contribution in [3.63, 3.8) is 0 Å². The van der Waals surface area contributed by atoms with Crippen LogP contribution in [0.15, 0.2) is 85.2 Å². The maximum Gasteiger partial charge on any atom is 0.303 e. The number of carbonyl (C=O) groups excluding carboxylic acids is 16. The monoisotopic (exact) mass is 1640 g/mol. The van der Waals surface area contributed by atoms with Gasteiger partial charge in [-0.3, -0.25) is 81.5 Å². The van der Waals surface area contributed by atoms with E-state index in [2.05, 4.69) is 99.0 Å². The summed E-state index contributed by atoms with van der Waals surface area (Å²) in [6, 6.07) is -0.609. The zero-order valence-electron chi connectivity index (χ0n) is 64.3. The van der Waals surface area contributed by atoms with Crippen molar-refractivity contribution in [2.75, 3.05) is 11.5 Å². The van der Waals surface area contributed by atoms with E-state index in [0.29, 0.717) is 38.5 Å². The van der Waals surface area contributed by atoms with Crippen molar-refractivity contribution in [2.45, 2.75) is 204 Å². The summed E-state index contributed by atoms with van der Waals surface area (Å²) in [6.45, 7) is 9.33. The van der Waals surface area contributed by atoms with Gasteiger partial charge >= 0.3 is 5.97 Å². The summed E-state index contributed by atoms with van der Waals surface area (Å²) in [5.74, 6) is -19.1. The van der Waals surface area contributed by atoms with Crippen molar-refractivity contribution in [3.05, 3.63) is 102 Å². The second kappa shape index (κ2) is 45.8. The van der Waals surface area contributed by atoms with Crippen molar-refractivity contribution in [3.8, 4) is 5.75 Å². The van der Waals surface area contributed by atoms with E-state index < -0.39 is 230 Å². The third-order valence-corrected chi connectivity index (χ3v) is 18.9. The Balaban J connectivity index is 1.48. The third-order valence-electron chi connectivity index (χ3n) is 18.2. The number of fused-ring (bicyclic) bond motifs is 2. The first-order chi connectivity index (χ1) is 54.3. The number of carboxylic acids is 1. The van der Waals surface area contributed by atoms with Crippen LogP contribution in [0.3, 0.4) is 0 Å². The molecule has 0 spiro atoms. The highest BCUT2D eigenvalue weighted by Crippen LogP contribution is 2.23. The van der Waals surface area contributed by atoms with Crippen molar-refractivity contribution in [2.24, 2.45) is 34.8 Å². The average Bonchev–Trinajstić information content (AvgIpc) is 1.72. The number of carboxylic acid groups (broad SMARTS) is 1. The van der Waals surface area contributed by atoms with Gasteiger partial charge in [-0.25, -0.2) is 0 Å². The van der Waals surface area contributed by atoms with Gasteiger partial charge in [0.05, 0.1) is 12.5 Å². The second-order valence-corrected chi connectivity index (χ2v) is 29.3. The molecule has 3 aromatic carbocycles. The van der Waals surface area contributed by atoms with E-state index in [1.807, 2.05) is 0 Å². The lowest BCUT2D eigenvalue weighted by atomic mass is 9.99. The van der Waals surface area contributed by atoms with E-state index in [9.17, 15) is 87.2 Å². The Kier molecular flexibility index (Phi) is 37.3. The van der Waals surface area contributed by atoms with Gasteiger partial charge in [-0.2, -0.15) is 25.3 Å². The number of nitrogens with two attached hydrogens (primary N) is 4. The molecule has 5 rings (SSSR count). The van der Waals surface area contributed by atoms with Gasteiger partial charge < -0.3 is 112 Å². The first-order valence-corrected chi connectivity index (χ1v) is 38.3. The van der Waals surface area contributed by atoms with Gasteiger partial charge in [0, 0.05) is 91.2 Å². The van der Waals surface area contributed by atoms with Crippen LogP contribution in [0.4, 0.5) is 0 Å². The highest BCUT2D eigenvalue weighted by atomic mass is 32.1. The lowest BCUT2D eigenvalue weighted by Crippen LogP contribution is -2.62. The number of amides is 16. The molecule has 0 aliphatic heterocycles. The summed E-state index contributed by atoms with van der Waals surface area (Å²) < 4.78 is 0. The van der Waals surface area contributed by atoms with Crippen LogP contribution in [-0.4, -0.2) is 216 Å². The highest BCUT2D eigenvalue weighted by molar-refractivity contribution is 7.80. The Morgan fingerprint density at radius 2 is 0.748 bits per heavy atom. The number of thiol groups is 2. The normalized spacial score (nSPS) is 14.6. The van der Waals surface area contributed by atoms with Crippen molar-refractivity contribution < 1.29 is 96.8 Å². The van der Waals surface area contributed by atoms with Crippen LogP contribution >= 0.6 is 25.3 Å². The molecule has 25 N–H and O–H groups in total. The van der Waals surface area contributed by atoms with E-state index in [4.69, 9.17) is 22.9 Å². The molecule has 38 nitrogen and oxygen atoms in total. The minimum absolute atomic E-state index is 0.0624. The molecule has 13 atom stereocenters. The first-order valence-electron chi connectivity index (χ1n) is 37.0. The summed E-state index contributed by atoms with van der Waals surface area (Å²) in [5, 5.41) is 62.0. The molecule has 0 aliphatic carbocycles. The van der Waals surface area contributed by atoms with Crippen LogP contribution in [0.2, 0.25) is 0 Å². The maximum absolute atomic E-state index is 15.2. The Bertz CT molecular complexity index is 4310. The minimum Gasteiger partial charge on any atom is -0.508 e. The number of para-hydroxylation sites is 2. The Labute approximate surface area is 672 Å². The fourth-order valence-corrected chi connectivity index (χ4v) is 12.6. The molecule has 5 aromatic rings. The van der Waals surface area contributed by atoms with Crippen LogP contribution in [0.1, 0.15) is 122 Å². The number of rotatable bonds is 49. The number of aromatic hydroxyl groups is 1. The number of aromatic nitrogens is 2. The number of H-pyrrole nitrogens is 2. The third kappa shape index (κ3) is 30.9. The molecule has 0 unspecified atom stereocenters. The number of phenolic OH excluding ortho intramolecular Hbond substituents is 1. The predicted octanol–water partition coefficient (Wildman–Crippen LogP) is -3.30. The molecular weight excluding hydrogens is 1540 g/mol. The van der Waals surface area contributed by atoms with Gasteiger partial charge in [-0.1, -0.05) is 76.2 Å². The van der Waals surface area contributed by atoms with E-state index in [1.54, 1.807) is 82.4 Å². The number of phenols is 1. The molecule has 0 aliphatic rings. The molecule has 16 amide bonds. The van der Waals surface area contributed by atoms with Crippen LogP contribution in [0, 0.1) is 11.8 Å². The van der Waals surface area contributed by atoms with Gasteiger partial charge in [0.25, 0.3) is 0 Å². The Morgan fingerprint density at radius 3 is 1.15 bits per heavy atom. The van der Waals surface area contributed by atoms with Crippen molar-refractivity contribution in [1.29, 1.82) is 0 Å². The number of nitrogens with one attached hydrogen (secondary N) is 14. The van der Waals surface area contributed by atoms with E-state index in [1.165, 1.54) is 30.5 Å². The van der Waals surface area contributed by atoms with Crippen molar-refractivity contribution in [1.82, 2.24) is 73.8 Å². The Hall–Kier alpha value is -11.8. The molecule has 40 heteroatoms. The summed E-state index contributed by atoms with van der Waals surface area (Å²) in [4.78, 5) is 238. The smallest absolute Gasteiger partial charge is 0.303 e. The molecule has 115 heavy (non-hydrogen) atoms. The summed E-state index contributed by atoms with van der Waals surface area (Å²) in [5.41, 5.74) is 24.3. The second-order valence-electron chi connectivity index (χ2n) is 28.6. The van der Waals surface area contributed by atoms with Crippen LogP contribution in [-0.2, 0) is 101 Å². The number of aliphatic carboxylic acids is 1.